The van der Waals surface area contributed by atoms with Gasteiger partial charge in [0.2, 0.25) is 10.0 Å². The van der Waals surface area contributed by atoms with Crippen LogP contribution in [0.5, 0.6) is 0 Å². The van der Waals surface area contributed by atoms with Crippen LogP contribution in [-0.4, -0.2) is 30.9 Å². The number of aromatic nitrogens is 2. The molecule has 3 aromatic rings. The van der Waals surface area contributed by atoms with Gasteiger partial charge < -0.3 is 5.32 Å². The molecule has 0 amide bonds. The van der Waals surface area contributed by atoms with Gasteiger partial charge >= 0.3 is 0 Å². The normalized spacial score (nSPS) is 11.8. The van der Waals surface area contributed by atoms with Crippen LogP contribution in [-0.2, 0) is 23.0 Å². The zero-order valence-corrected chi connectivity index (χ0v) is 17.1. The SMILES string of the molecule is Cc1cc(Cc2nsc(CNCCNS(=O)(=O)c3cccs3)n2)ccc1F. The topological polar surface area (TPSA) is 84.0 Å². The number of hydrogen-bond acceptors (Lipinski definition) is 7. The van der Waals surface area contributed by atoms with Crippen molar-refractivity contribution >= 4 is 32.9 Å². The highest BCUT2D eigenvalue weighted by Gasteiger charge is 2.13. The highest BCUT2D eigenvalue weighted by molar-refractivity contribution is 7.91. The number of benzene rings is 1. The molecule has 0 atom stereocenters. The van der Waals surface area contributed by atoms with Crippen LogP contribution in [0.4, 0.5) is 4.39 Å². The molecule has 27 heavy (non-hydrogen) atoms. The minimum absolute atomic E-state index is 0.218. The molecule has 0 unspecified atom stereocenters. The van der Waals surface area contributed by atoms with Crippen LogP contribution < -0.4 is 10.0 Å². The quantitative estimate of drug-likeness (QED) is 0.514. The first-order chi connectivity index (χ1) is 12.9. The average molecular weight is 427 g/mol. The minimum atomic E-state index is -3.42. The first kappa shape index (κ1) is 20.0. The monoisotopic (exact) mass is 426 g/mol. The van der Waals surface area contributed by atoms with Gasteiger partial charge in [0, 0.05) is 26.1 Å². The molecule has 3 rings (SSSR count). The lowest BCUT2D eigenvalue weighted by Gasteiger charge is -2.05. The van der Waals surface area contributed by atoms with Crippen molar-refractivity contribution in [1.29, 1.82) is 0 Å². The van der Waals surface area contributed by atoms with Gasteiger partial charge in [0.25, 0.3) is 0 Å². The van der Waals surface area contributed by atoms with Gasteiger partial charge in [0.05, 0.1) is 0 Å². The number of rotatable bonds is 9. The van der Waals surface area contributed by atoms with Crippen LogP contribution in [0.25, 0.3) is 0 Å². The average Bonchev–Trinajstić information content (AvgIpc) is 3.30. The van der Waals surface area contributed by atoms with Gasteiger partial charge in [-0.25, -0.2) is 22.5 Å². The van der Waals surface area contributed by atoms with Gasteiger partial charge in [0.1, 0.15) is 20.9 Å². The van der Waals surface area contributed by atoms with E-state index >= 15 is 0 Å². The molecule has 144 valence electrons. The van der Waals surface area contributed by atoms with E-state index in [1.165, 1.54) is 28.9 Å². The Bertz CT molecular complexity index is 988. The number of thiophene rings is 1. The van der Waals surface area contributed by atoms with Gasteiger partial charge in [-0.1, -0.05) is 18.2 Å². The summed E-state index contributed by atoms with van der Waals surface area (Å²) >= 11 is 2.49. The molecule has 2 aromatic heterocycles. The van der Waals surface area contributed by atoms with Crippen LogP contribution in [0, 0.1) is 12.7 Å². The summed E-state index contributed by atoms with van der Waals surface area (Å²) in [5, 5.41) is 5.70. The van der Waals surface area contributed by atoms with Gasteiger partial charge in [-0.15, -0.1) is 11.3 Å². The predicted molar refractivity (Wildman–Crippen MR) is 105 cm³/mol. The largest absolute Gasteiger partial charge is 0.309 e. The number of nitrogens with one attached hydrogen (secondary N) is 2. The molecule has 10 heteroatoms. The van der Waals surface area contributed by atoms with Crippen molar-refractivity contribution in [1.82, 2.24) is 19.4 Å². The van der Waals surface area contributed by atoms with E-state index in [0.29, 0.717) is 41.7 Å². The standard InChI is InChI=1S/C17H19FN4O2S3/c1-12-9-13(4-5-14(12)18)10-15-21-16(26-22-15)11-19-6-7-20-27(23,24)17-3-2-8-25-17/h2-5,8-9,19-20H,6-7,10-11H2,1H3. The highest BCUT2D eigenvalue weighted by Crippen LogP contribution is 2.15. The first-order valence-corrected chi connectivity index (χ1v) is 11.4. The highest BCUT2D eigenvalue weighted by atomic mass is 32.2. The molecule has 0 aliphatic rings. The second kappa shape index (κ2) is 8.98. The molecule has 0 spiro atoms. The number of sulfonamides is 1. The second-order valence-corrected chi connectivity index (χ2v) is 9.65. The van der Waals surface area contributed by atoms with Crippen molar-refractivity contribution < 1.29 is 12.8 Å². The zero-order chi connectivity index (χ0) is 19.3. The van der Waals surface area contributed by atoms with Gasteiger partial charge in [-0.05, 0) is 47.1 Å². The predicted octanol–water partition coefficient (Wildman–Crippen LogP) is 2.71. The summed E-state index contributed by atoms with van der Waals surface area (Å²) in [7, 11) is -3.42. The molecular formula is C17H19FN4O2S3. The van der Waals surface area contributed by atoms with Gasteiger partial charge in [0.15, 0.2) is 0 Å². The molecule has 0 fully saturated rings. The summed E-state index contributed by atoms with van der Waals surface area (Å²) < 4.78 is 44.5. The van der Waals surface area contributed by atoms with Crippen molar-refractivity contribution in [2.45, 2.75) is 24.1 Å². The number of halogens is 1. The zero-order valence-electron chi connectivity index (χ0n) is 14.6. The van der Waals surface area contributed by atoms with Crippen LogP contribution >= 0.6 is 22.9 Å². The molecule has 2 heterocycles. The van der Waals surface area contributed by atoms with Crippen LogP contribution in [0.15, 0.2) is 39.9 Å². The Kier molecular flexibility index (Phi) is 6.66. The molecule has 6 nitrogen and oxygen atoms in total. The summed E-state index contributed by atoms with van der Waals surface area (Å²) in [5.41, 5.74) is 1.57. The van der Waals surface area contributed by atoms with Crippen LogP contribution in [0.2, 0.25) is 0 Å². The van der Waals surface area contributed by atoms with Crippen molar-refractivity contribution in [3.05, 3.63) is 63.5 Å². The fraction of sp³-hybridized carbons (Fsp3) is 0.294. The third-order valence-corrected chi connectivity index (χ3v) is 7.33. The molecule has 0 bridgehead atoms. The van der Waals surface area contributed by atoms with Crippen LogP contribution in [0.1, 0.15) is 22.0 Å². The third kappa shape index (κ3) is 5.63. The molecular weight excluding hydrogens is 407 g/mol. The van der Waals surface area contributed by atoms with E-state index in [-0.39, 0.29) is 5.82 Å². The van der Waals surface area contributed by atoms with Crippen molar-refractivity contribution in [3.63, 3.8) is 0 Å². The summed E-state index contributed by atoms with van der Waals surface area (Å²) in [6.45, 7) is 3.02. The summed E-state index contributed by atoms with van der Waals surface area (Å²) in [6, 6.07) is 8.27. The Balaban J connectivity index is 1.42. The maximum Gasteiger partial charge on any atom is 0.250 e. The molecule has 0 saturated heterocycles. The smallest absolute Gasteiger partial charge is 0.250 e. The van der Waals surface area contributed by atoms with E-state index in [2.05, 4.69) is 19.4 Å². The molecule has 2 N–H and O–H groups in total. The second-order valence-electron chi connectivity index (χ2n) is 5.87. The Morgan fingerprint density at radius 1 is 1.22 bits per heavy atom. The lowest BCUT2D eigenvalue weighted by molar-refractivity contribution is 0.577. The molecule has 0 saturated carbocycles. The number of aryl methyl sites for hydroxylation is 1. The Morgan fingerprint density at radius 3 is 2.81 bits per heavy atom. The van der Waals surface area contributed by atoms with E-state index in [1.54, 1.807) is 36.6 Å². The van der Waals surface area contributed by atoms with E-state index in [0.717, 1.165) is 10.6 Å². The maximum absolute atomic E-state index is 13.3. The summed E-state index contributed by atoms with van der Waals surface area (Å²) in [5.74, 6) is 0.478. The lowest BCUT2D eigenvalue weighted by Crippen LogP contribution is -2.31. The molecule has 1 aromatic carbocycles. The van der Waals surface area contributed by atoms with Crippen molar-refractivity contribution in [2.75, 3.05) is 13.1 Å². The van der Waals surface area contributed by atoms with E-state index in [9.17, 15) is 12.8 Å². The lowest BCUT2D eigenvalue weighted by atomic mass is 10.1. The Morgan fingerprint density at radius 2 is 2.07 bits per heavy atom. The number of hydrogen-bond donors (Lipinski definition) is 2. The summed E-state index contributed by atoms with van der Waals surface area (Å²) in [4.78, 5) is 4.46. The van der Waals surface area contributed by atoms with E-state index in [1.807, 2.05) is 0 Å². The third-order valence-electron chi connectivity index (χ3n) is 3.72. The Labute approximate surface area is 165 Å². The maximum atomic E-state index is 13.3. The summed E-state index contributed by atoms with van der Waals surface area (Å²) in [6.07, 6.45) is 0.554. The van der Waals surface area contributed by atoms with E-state index < -0.39 is 10.0 Å². The molecule has 0 radical (unpaired) electrons. The minimum Gasteiger partial charge on any atom is -0.309 e. The Hall–Kier alpha value is -1.72. The number of nitrogens with zero attached hydrogens (tertiary/aromatic N) is 2. The van der Waals surface area contributed by atoms with Crippen molar-refractivity contribution in [3.8, 4) is 0 Å². The first-order valence-electron chi connectivity index (χ1n) is 8.24. The molecule has 0 aliphatic carbocycles. The fourth-order valence-corrected chi connectivity index (χ4v) is 5.09. The van der Waals surface area contributed by atoms with Crippen molar-refractivity contribution in [2.24, 2.45) is 0 Å². The van der Waals surface area contributed by atoms with Gasteiger partial charge in [-0.3, -0.25) is 0 Å². The van der Waals surface area contributed by atoms with E-state index in [4.69, 9.17) is 0 Å². The van der Waals surface area contributed by atoms with Gasteiger partial charge in [-0.2, -0.15) is 4.37 Å². The fourth-order valence-electron chi connectivity index (χ4n) is 2.39. The van der Waals surface area contributed by atoms with Crippen LogP contribution in [0.3, 0.4) is 0 Å². The molecule has 0 aliphatic heterocycles.